The first-order valence-corrected chi connectivity index (χ1v) is 16.6. The number of hydrogen-bond donors (Lipinski definition) is 2. The summed E-state index contributed by atoms with van der Waals surface area (Å²) in [5.41, 5.74) is 2.36. The second-order valence-electron chi connectivity index (χ2n) is 12.5. The van der Waals surface area contributed by atoms with Crippen LogP contribution < -0.4 is 39.1 Å². The molecule has 9 nitrogen and oxygen atoms in total. The topological polar surface area (TPSA) is 111 Å². The molecule has 50 heavy (non-hydrogen) atoms. The summed E-state index contributed by atoms with van der Waals surface area (Å²) in [5.74, 6) is 5.57. The van der Waals surface area contributed by atoms with Gasteiger partial charge in [0.05, 0.1) is 13.2 Å². The van der Waals surface area contributed by atoms with Gasteiger partial charge in [-0.15, -0.1) is 12.4 Å². The molecule has 4 aliphatic heterocycles. The molecule has 4 atom stereocenters. The minimum Gasteiger partial charge on any atom is -0.493 e. The van der Waals surface area contributed by atoms with Crippen LogP contribution in [-0.2, 0) is 0 Å². The largest absolute Gasteiger partial charge is 0.493 e. The van der Waals surface area contributed by atoms with E-state index in [0.717, 1.165) is 73.5 Å². The highest BCUT2D eigenvalue weighted by Crippen LogP contribution is 2.38. The summed E-state index contributed by atoms with van der Waals surface area (Å²) < 4.78 is 59.7. The summed E-state index contributed by atoms with van der Waals surface area (Å²) in [6, 6.07) is 25.0. The van der Waals surface area contributed by atoms with Gasteiger partial charge in [0.2, 0.25) is 13.6 Å². The maximum Gasteiger partial charge on any atom is 0.231 e. The van der Waals surface area contributed by atoms with Crippen LogP contribution in [0.15, 0.2) is 84.9 Å². The Labute approximate surface area is 296 Å². The molecule has 0 amide bonds. The third-order valence-corrected chi connectivity index (χ3v) is 9.43. The molecule has 2 saturated heterocycles. The van der Waals surface area contributed by atoms with E-state index in [2.05, 4.69) is 10.6 Å². The number of rotatable bonds is 8. The molecule has 4 heterocycles. The maximum absolute atomic E-state index is 13.2. The molecular weight excluding hydrogens is 670 g/mol. The fourth-order valence-electron chi connectivity index (χ4n) is 6.83. The number of benzene rings is 4. The van der Waals surface area contributed by atoms with Gasteiger partial charge in [0.15, 0.2) is 23.0 Å². The van der Waals surface area contributed by atoms with Crippen molar-refractivity contribution in [2.45, 2.75) is 24.7 Å². The summed E-state index contributed by atoms with van der Waals surface area (Å²) in [4.78, 5) is 0. The van der Waals surface area contributed by atoms with Crippen molar-refractivity contribution in [1.82, 2.24) is 10.6 Å². The van der Waals surface area contributed by atoms with Crippen molar-refractivity contribution in [2.24, 2.45) is 11.8 Å². The van der Waals surface area contributed by atoms with Crippen molar-refractivity contribution in [1.29, 1.82) is 0 Å². The van der Waals surface area contributed by atoms with E-state index in [9.17, 15) is 8.78 Å². The monoisotopic (exact) mass is 712 g/mol. The SMILES string of the molecule is Cl.Fc1ccc([C@@H]2CCNC[C@H]2COc2ccc3c(c2)OCO3)cc1.Fc1ccc([C@@H]2CCNC[C@H]2COc2ccc3c(c2)OCO3)cc1.O. The highest BCUT2D eigenvalue weighted by atomic mass is 35.5. The van der Waals surface area contributed by atoms with Crippen molar-refractivity contribution in [3.63, 3.8) is 0 Å². The molecule has 4 N–H and O–H groups in total. The van der Waals surface area contributed by atoms with Crippen molar-refractivity contribution in [2.75, 3.05) is 53.0 Å². The molecule has 0 radical (unpaired) electrons. The Balaban J connectivity index is 0.000000187. The lowest BCUT2D eigenvalue weighted by Crippen LogP contribution is -2.38. The van der Waals surface area contributed by atoms with Gasteiger partial charge in [-0.2, -0.15) is 0 Å². The second-order valence-corrected chi connectivity index (χ2v) is 12.5. The lowest BCUT2D eigenvalue weighted by Gasteiger charge is -2.32. The average molecular weight is 713 g/mol. The zero-order valence-electron chi connectivity index (χ0n) is 27.6. The van der Waals surface area contributed by atoms with Crippen molar-refractivity contribution in [3.05, 3.63) is 108 Å². The van der Waals surface area contributed by atoms with Gasteiger partial charge in [-0.1, -0.05) is 24.3 Å². The summed E-state index contributed by atoms with van der Waals surface area (Å²) in [5, 5.41) is 6.85. The number of fused-ring (bicyclic) bond motifs is 2. The number of piperidine rings is 2. The third kappa shape index (κ3) is 9.08. The maximum atomic E-state index is 13.2. The molecule has 2 fully saturated rings. The zero-order valence-corrected chi connectivity index (χ0v) is 28.4. The second kappa shape index (κ2) is 17.6. The van der Waals surface area contributed by atoms with Gasteiger partial charge in [0.25, 0.3) is 0 Å². The quantitative estimate of drug-likeness (QED) is 0.221. The third-order valence-electron chi connectivity index (χ3n) is 9.43. The van der Waals surface area contributed by atoms with E-state index in [-0.39, 0.29) is 43.1 Å². The van der Waals surface area contributed by atoms with Crippen molar-refractivity contribution >= 4 is 12.4 Å². The number of hydrogen-bond acceptors (Lipinski definition) is 8. The Bertz CT molecular complexity index is 1540. The van der Waals surface area contributed by atoms with Crippen LogP contribution in [0.3, 0.4) is 0 Å². The van der Waals surface area contributed by atoms with Crippen molar-refractivity contribution < 1.29 is 42.7 Å². The van der Waals surface area contributed by atoms with Crippen LogP contribution >= 0.6 is 12.4 Å². The molecule has 268 valence electrons. The predicted molar refractivity (Wildman–Crippen MR) is 187 cm³/mol. The van der Waals surface area contributed by atoms with Crippen LogP contribution in [0.1, 0.15) is 35.8 Å². The molecule has 0 spiro atoms. The smallest absolute Gasteiger partial charge is 0.231 e. The molecule has 0 saturated carbocycles. The van der Waals surface area contributed by atoms with E-state index < -0.39 is 0 Å². The van der Waals surface area contributed by atoms with Gasteiger partial charge in [-0.05, 0) is 97.4 Å². The minimum absolute atomic E-state index is 0. The van der Waals surface area contributed by atoms with Crippen LogP contribution in [0.2, 0.25) is 0 Å². The van der Waals surface area contributed by atoms with Crippen molar-refractivity contribution in [3.8, 4) is 34.5 Å². The lowest BCUT2D eigenvalue weighted by molar-refractivity contribution is 0.173. The van der Waals surface area contributed by atoms with Crippen LogP contribution in [0.5, 0.6) is 34.5 Å². The van der Waals surface area contributed by atoms with Gasteiger partial charge in [0, 0.05) is 37.1 Å². The Morgan fingerprint density at radius 2 is 0.960 bits per heavy atom. The molecule has 0 aliphatic carbocycles. The fraction of sp³-hybridized carbons (Fsp3) is 0.368. The average Bonchev–Trinajstić information content (AvgIpc) is 3.80. The Morgan fingerprint density at radius 3 is 1.38 bits per heavy atom. The zero-order chi connectivity index (χ0) is 32.7. The van der Waals surface area contributed by atoms with E-state index in [1.54, 1.807) is 0 Å². The molecule has 0 aromatic heterocycles. The molecule has 12 heteroatoms. The van der Waals surface area contributed by atoms with Crippen LogP contribution in [0.25, 0.3) is 0 Å². The minimum atomic E-state index is -0.194. The highest BCUT2D eigenvalue weighted by Gasteiger charge is 2.28. The molecular formula is C38H43ClF2N2O7. The molecule has 4 aromatic rings. The number of halogens is 3. The predicted octanol–water partition coefficient (Wildman–Crippen LogP) is 6.25. The van der Waals surface area contributed by atoms with E-state index >= 15 is 0 Å². The Morgan fingerprint density at radius 1 is 0.560 bits per heavy atom. The van der Waals surface area contributed by atoms with E-state index in [1.165, 1.54) is 35.4 Å². The van der Waals surface area contributed by atoms with Crippen LogP contribution in [-0.4, -0.2) is 58.5 Å². The summed E-state index contributed by atoms with van der Waals surface area (Å²) in [6.45, 7) is 5.48. The van der Waals surface area contributed by atoms with Crippen LogP contribution in [0.4, 0.5) is 8.78 Å². The molecule has 0 unspecified atom stereocenters. The first-order valence-electron chi connectivity index (χ1n) is 16.6. The number of nitrogens with one attached hydrogen (secondary N) is 2. The number of ether oxygens (including phenoxy) is 6. The van der Waals surface area contributed by atoms with Gasteiger partial charge < -0.3 is 44.5 Å². The van der Waals surface area contributed by atoms with Crippen LogP contribution in [0, 0.1) is 23.5 Å². The van der Waals surface area contributed by atoms with E-state index in [4.69, 9.17) is 28.4 Å². The molecule has 4 aliphatic rings. The van der Waals surface area contributed by atoms with Gasteiger partial charge in [-0.25, -0.2) is 8.78 Å². The van der Waals surface area contributed by atoms with E-state index in [1.807, 2.05) is 60.7 Å². The first kappa shape index (κ1) is 37.0. The van der Waals surface area contributed by atoms with E-state index in [0.29, 0.717) is 36.9 Å². The molecule has 0 bridgehead atoms. The summed E-state index contributed by atoms with van der Waals surface area (Å²) in [7, 11) is 0. The standard InChI is InChI=1S/2C19H20FNO3.ClH.H2O/c2*20-15-3-1-13(2-4-15)17-7-8-21-10-14(17)11-22-16-5-6-18-19(9-16)24-12-23-18;;/h2*1-6,9,14,17,21H,7-8,10-12H2;1H;1H2/t2*14-,17-;;/m00../s1. The Hall–Kier alpha value is -4.29. The molecule has 4 aromatic carbocycles. The van der Waals surface area contributed by atoms with Gasteiger partial charge in [0.1, 0.15) is 23.1 Å². The van der Waals surface area contributed by atoms with Gasteiger partial charge >= 0.3 is 0 Å². The fourth-order valence-corrected chi connectivity index (χ4v) is 6.83. The molecule has 8 rings (SSSR count). The summed E-state index contributed by atoms with van der Waals surface area (Å²) >= 11 is 0. The lowest BCUT2D eigenvalue weighted by atomic mass is 9.81. The Kier molecular flexibility index (Phi) is 13.0. The van der Waals surface area contributed by atoms with Gasteiger partial charge in [-0.3, -0.25) is 0 Å². The summed E-state index contributed by atoms with van der Waals surface area (Å²) in [6.07, 6.45) is 2.06. The first-order chi connectivity index (χ1) is 23.6. The highest BCUT2D eigenvalue weighted by molar-refractivity contribution is 5.85. The normalized spacial score (nSPS) is 21.5.